The molecule has 0 aliphatic carbocycles. The Balaban J connectivity index is 2.10. The van der Waals surface area contributed by atoms with Crippen molar-refractivity contribution >= 4 is 18.0 Å². The molecule has 0 radical (unpaired) electrons. The fourth-order valence-electron chi connectivity index (χ4n) is 1.73. The highest BCUT2D eigenvalue weighted by molar-refractivity contribution is 8.01. The molecule has 0 spiro atoms. The molecule has 0 saturated carbocycles. The summed E-state index contributed by atoms with van der Waals surface area (Å²) in [5.74, 6) is 1.11. The molecule has 1 aromatic rings. The molecular weight excluding hydrogens is 184 g/mol. The Morgan fingerprint density at radius 2 is 2.62 bits per heavy atom. The van der Waals surface area contributed by atoms with Gasteiger partial charge in [-0.15, -0.1) is 11.8 Å². The molecule has 1 aliphatic rings. The van der Waals surface area contributed by atoms with Crippen LogP contribution in [-0.4, -0.2) is 16.8 Å². The molecule has 0 bridgehead atoms. The van der Waals surface area contributed by atoms with E-state index in [1.807, 2.05) is 6.07 Å². The van der Waals surface area contributed by atoms with Crippen molar-refractivity contribution < 1.29 is 9.21 Å². The van der Waals surface area contributed by atoms with Crippen LogP contribution in [0.3, 0.4) is 0 Å². The second kappa shape index (κ2) is 3.58. The van der Waals surface area contributed by atoms with Gasteiger partial charge in [-0.3, -0.25) is 0 Å². The lowest BCUT2D eigenvalue weighted by atomic mass is 9.97. The van der Waals surface area contributed by atoms with Crippen LogP contribution in [0.15, 0.2) is 23.0 Å². The molecule has 2 nitrogen and oxygen atoms in total. The third kappa shape index (κ3) is 1.80. The van der Waals surface area contributed by atoms with Gasteiger partial charge in [-0.05, 0) is 36.6 Å². The Bertz CT molecular complexity index is 273. The maximum absolute atomic E-state index is 11.0. The molecule has 1 aromatic heterocycles. The predicted octanol–water partition coefficient (Wildman–Crippen LogP) is 2.29. The second-order valence-electron chi connectivity index (χ2n) is 3.44. The normalized spacial score (nSPS) is 27.7. The molecule has 1 unspecified atom stereocenters. The van der Waals surface area contributed by atoms with Gasteiger partial charge in [-0.2, -0.15) is 0 Å². The van der Waals surface area contributed by atoms with Crippen LogP contribution in [0.1, 0.15) is 18.4 Å². The van der Waals surface area contributed by atoms with E-state index < -0.39 is 0 Å². The van der Waals surface area contributed by atoms with Crippen molar-refractivity contribution in [3.8, 4) is 0 Å². The van der Waals surface area contributed by atoms with Crippen LogP contribution in [-0.2, 0) is 11.2 Å². The minimum atomic E-state index is -0.163. The van der Waals surface area contributed by atoms with Gasteiger partial charge in [0.25, 0.3) is 0 Å². The van der Waals surface area contributed by atoms with E-state index in [2.05, 4.69) is 0 Å². The van der Waals surface area contributed by atoms with E-state index in [1.165, 1.54) is 0 Å². The number of rotatable bonds is 3. The third-order valence-electron chi connectivity index (χ3n) is 2.43. The number of carbonyl (C=O) groups excluding carboxylic acids is 1. The minimum absolute atomic E-state index is 0.163. The predicted molar refractivity (Wildman–Crippen MR) is 52.9 cm³/mol. The van der Waals surface area contributed by atoms with Crippen molar-refractivity contribution in [3.05, 3.63) is 24.2 Å². The lowest BCUT2D eigenvalue weighted by Gasteiger charge is -2.19. The summed E-state index contributed by atoms with van der Waals surface area (Å²) in [6.07, 6.45) is 7.47. The molecule has 0 amide bonds. The molecule has 3 heteroatoms. The molecule has 1 atom stereocenters. The number of carbonyl (C=O) groups is 1. The Kier molecular flexibility index (Phi) is 2.44. The molecule has 2 heterocycles. The van der Waals surface area contributed by atoms with Crippen molar-refractivity contribution in [1.82, 2.24) is 0 Å². The fourth-order valence-corrected chi connectivity index (χ4v) is 3.05. The van der Waals surface area contributed by atoms with E-state index in [4.69, 9.17) is 4.42 Å². The van der Waals surface area contributed by atoms with Crippen LogP contribution in [0.2, 0.25) is 0 Å². The zero-order valence-corrected chi connectivity index (χ0v) is 8.18. The van der Waals surface area contributed by atoms with E-state index in [1.54, 1.807) is 24.3 Å². The first kappa shape index (κ1) is 8.88. The van der Waals surface area contributed by atoms with Crippen molar-refractivity contribution in [1.29, 1.82) is 0 Å². The van der Waals surface area contributed by atoms with Crippen LogP contribution >= 0.6 is 11.8 Å². The number of aldehydes is 1. The average molecular weight is 196 g/mol. The van der Waals surface area contributed by atoms with Crippen molar-refractivity contribution in [2.24, 2.45) is 0 Å². The van der Waals surface area contributed by atoms with Crippen LogP contribution in [0.4, 0.5) is 0 Å². The monoisotopic (exact) mass is 196 g/mol. The van der Waals surface area contributed by atoms with E-state index in [9.17, 15) is 4.79 Å². The quantitative estimate of drug-likeness (QED) is 0.695. The molecular formula is C10H12O2S. The number of thioether (sulfide) groups is 1. The van der Waals surface area contributed by atoms with Crippen LogP contribution < -0.4 is 0 Å². The second-order valence-corrected chi connectivity index (χ2v) is 4.95. The van der Waals surface area contributed by atoms with Crippen molar-refractivity contribution in [2.45, 2.75) is 24.0 Å². The molecule has 13 heavy (non-hydrogen) atoms. The summed E-state index contributed by atoms with van der Waals surface area (Å²) in [6.45, 7) is 0. The van der Waals surface area contributed by atoms with Crippen LogP contribution in [0.5, 0.6) is 0 Å². The van der Waals surface area contributed by atoms with E-state index in [0.29, 0.717) is 0 Å². The van der Waals surface area contributed by atoms with Crippen molar-refractivity contribution in [3.63, 3.8) is 0 Å². The van der Waals surface area contributed by atoms with Gasteiger partial charge in [-0.25, -0.2) is 0 Å². The summed E-state index contributed by atoms with van der Waals surface area (Å²) >= 11 is 1.78. The first-order chi connectivity index (χ1) is 6.35. The Labute approximate surface area is 81.7 Å². The van der Waals surface area contributed by atoms with Gasteiger partial charge in [0.05, 0.1) is 17.3 Å². The van der Waals surface area contributed by atoms with Gasteiger partial charge in [0.15, 0.2) is 0 Å². The summed E-state index contributed by atoms with van der Waals surface area (Å²) < 4.78 is 4.83. The molecule has 1 aliphatic heterocycles. The highest BCUT2D eigenvalue weighted by Gasteiger charge is 2.34. The lowest BCUT2D eigenvalue weighted by Crippen LogP contribution is -2.25. The molecule has 0 N–H and O–H groups in total. The first-order valence-corrected chi connectivity index (χ1v) is 5.45. The zero-order valence-electron chi connectivity index (χ0n) is 7.36. The molecule has 1 saturated heterocycles. The Morgan fingerprint density at radius 3 is 3.15 bits per heavy atom. The minimum Gasteiger partial charge on any atom is -0.472 e. The van der Waals surface area contributed by atoms with Gasteiger partial charge in [0, 0.05) is 0 Å². The van der Waals surface area contributed by atoms with E-state index in [0.717, 1.165) is 36.9 Å². The van der Waals surface area contributed by atoms with Gasteiger partial charge in [0.2, 0.25) is 0 Å². The molecule has 1 fully saturated rings. The van der Waals surface area contributed by atoms with Gasteiger partial charge in [-0.1, -0.05) is 0 Å². The van der Waals surface area contributed by atoms with E-state index in [-0.39, 0.29) is 4.75 Å². The van der Waals surface area contributed by atoms with E-state index >= 15 is 0 Å². The zero-order chi connectivity index (χ0) is 9.15. The largest absolute Gasteiger partial charge is 0.472 e. The van der Waals surface area contributed by atoms with Crippen LogP contribution in [0, 0.1) is 0 Å². The first-order valence-electron chi connectivity index (χ1n) is 4.46. The summed E-state index contributed by atoms with van der Waals surface area (Å²) in [5, 5.41) is 0. The highest BCUT2D eigenvalue weighted by Crippen LogP contribution is 2.39. The van der Waals surface area contributed by atoms with Crippen LogP contribution in [0.25, 0.3) is 0 Å². The summed E-state index contributed by atoms with van der Waals surface area (Å²) in [5.41, 5.74) is 1.13. The standard InChI is InChI=1S/C10H12O2S/c11-8-10(3-1-5-13-10)6-9-2-4-12-7-9/h2,4,7-8H,1,3,5-6H2. The van der Waals surface area contributed by atoms with Gasteiger partial charge < -0.3 is 9.21 Å². The number of hydrogen-bond acceptors (Lipinski definition) is 3. The number of hydrogen-bond donors (Lipinski definition) is 0. The summed E-state index contributed by atoms with van der Waals surface area (Å²) in [7, 11) is 0. The maximum atomic E-state index is 11.0. The van der Waals surface area contributed by atoms with Gasteiger partial charge in [0.1, 0.15) is 6.29 Å². The van der Waals surface area contributed by atoms with Gasteiger partial charge >= 0.3 is 0 Å². The maximum Gasteiger partial charge on any atom is 0.136 e. The Morgan fingerprint density at radius 1 is 1.69 bits per heavy atom. The molecule has 2 rings (SSSR count). The average Bonchev–Trinajstić information content (AvgIpc) is 2.77. The number of furan rings is 1. The SMILES string of the molecule is O=CC1(Cc2ccoc2)CCCS1. The summed E-state index contributed by atoms with van der Waals surface area (Å²) in [4.78, 5) is 11.0. The molecule has 0 aromatic carbocycles. The third-order valence-corrected chi connectivity index (χ3v) is 3.94. The highest BCUT2D eigenvalue weighted by atomic mass is 32.2. The fraction of sp³-hybridized carbons (Fsp3) is 0.500. The smallest absolute Gasteiger partial charge is 0.136 e. The molecule has 70 valence electrons. The van der Waals surface area contributed by atoms with Crippen molar-refractivity contribution in [2.75, 3.05) is 5.75 Å². The summed E-state index contributed by atoms with van der Waals surface area (Å²) in [6, 6.07) is 1.93. The lowest BCUT2D eigenvalue weighted by molar-refractivity contribution is -0.109. The topological polar surface area (TPSA) is 30.2 Å². The Hall–Kier alpha value is -0.700.